The molecule has 0 aromatic heterocycles. The zero-order chi connectivity index (χ0) is 15.7. The number of aliphatic hydroxyl groups is 2. The van der Waals surface area contributed by atoms with E-state index in [4.69, 9.17) is 4.74 Å². The van der Waals surface area contributed by atoms with Crippen molar-refractivity contribution in [3.63, 3.8) is 0 Å². The fraction of sp³-hybridized carbons (Fsp3) is 0.667. The van der Waals surface area contributed by atoms with E-state index >= 15 is 0 Å². The Balaban J connectivity index is 2.61. The molecule has 0 aliphatic heterocycles. The molecule has 0 saturated carbocycles. The van der Waals surface area contributed by atoms with Crippen LogP contribution < -0.4 is 4.74 Å². The van der Waals surface area contributed by atoms with Crippen molar-refractivity contribution in [1.82, 2.24) is 0 Å². The minimum atomic E-state index is -0.634. The van der Waals surface area contributed by atoms with Gasteiger partial charge in [0, 0.05) is 0 Å². The lowest BCUT2D eigenvalue weighted by molar-refractivity contribution is 0.00978. The lowest BCUT2D eigenvalue weighted by atomic mass is 9.96. The molecule has 1 rings (SSSR count). The fourth-order valence-corrected chi connectivity index (χ4v) is 2.47. The average molecular weight is 294 g/mol. The molecule has 0 aliphatic rings. The van der Waals surface area contributed by atoms with E-state index < -0.39 is 12.2 Å². The van der Waals surface area contributed by atoms with Gasteiger partial charge in [-0.15, -0.1) is 0 Å². The highest BCUT2D eigenvalue weighted by Crippen LogP contribution is 2.21. The monoisotopic (exact) mass is 294 g/mol. The van der Waals surface area contributed by atoms with Gasteiger partial charge >= 0.3 is 0 Å². The Morgan fingerprint density at radius 3 is 2.29 bits per heavy atom. The second-order valence-corrected chi connectivity index (χ2v) is 5.59. The van der Waals surface area contributed by atoms with Crippen LogP contribution in [0.2, 0.25) is 0 Å². The van der Waals surface area contributed by atoms with Crippen molar-refractivity contribution >= 4 is 0 Å². The number of aliphatic hydroxyl groups excluding tert-OH is 2. The van der Waals surface area contributed by atoms with E-state index in [0.29, 0.717) is 12.8 Å². The van der Waals surface area contributed by atoms with Gasteiger partial charge in [0.15, 0.2) is 0 Å². The minimum absolute atomic E-state index is 0.601. The van der Waals surface area contributed by atoms with Crippen LogP contribution in [0.15, 0.2) is 18.2 Å². The lowest BCUT2D eigenvalue weighted by Crippen LogP contribution is -2.26. The number of hydrogen-bond donors (Lipinski definition) is 2. The van der Waals surface area contributed by atoms with Crippen LogP contribution in [-0.4, -0.2) is 29.0 Å². The summed E-state index contributed by atoms with van der Waals surface area (Å²) in [5.41, 5.74) is 2.50. The highest BCUT2D eigenvalue weighted by atomic mass is 16.5. The maximum atomic E-state index is 9.97. The summed E-state index contributed by atoms with van der Waals surface area (Å²) in [5, 5.41) is 19.8. The highest BCUT2D eigenvalue weighted by Gasteiger charge is 2.15. The first-order valence-corrected chi connectivity index (χ1v) is 8.23. The third-order valence-corrected chi connectivity index (χ3v) is 3.77. The van der Waals surface area contributed by atoms with Gasteiger partial charge in [-0.2, -0.15) is 0 Å². The molecule has 2 N–H and O–H groups in total. The molecule has 0 saturated heterocycles. The van der Waals surface area contributed by atoms with Gasteiger partial charge in [-0.05, 0) is 55.4 Å². The summed E-state index contributed by atoms with van der Waals surface area (Å²) in [7, 11) is 0. The van der Waals surface area contributed by atoms with Gasteiger partial charge in [-0.25, -0.2) is 0 Å². The second kappa shape index (κ2) is 9.80. The maximum absolute atomic E-state index is 9.97. The predicted molar refractivity (Wildman–Crippen MR) is 86.8 cm³/mol. The fourth-order valence-electron chi connectivity index (χ4n) is 2.47. The first-order valence-electron chi connectivity index (χ1n) is 8.23. The van der Waals surface area contributed by atoms with E-state index in [1.54, 1.807) is 0 Å². The van der Waals surface area contributed by atoms with E-state index in [9.17, 15) is 10.2 Å². The number of aryl methyl sites for hydroxylation is 2. The molecule has 2 unspecified atom stereocenters. The van der Waals surface area contributed by atoms with Gasteiger partial charge in [0.2, 0.25) is 0 Å². The molecule has 3 nitrogen and oxygen atoms in total. The van der Waals surface area contributed by atoms with E-state index in [0.717, 1.165) is 38.0 Å². The van der Waals surface area contributed by atoms with Crippen LogP contribution in [0.5, 0.6) is 5.75 Å². The van der Waals surface area contributed by atoms with E-state index in [1.165, 1.54) is 11.1 Å². The summed E-state index contributed by atoms with van der Waals surface area (Å²) in [6, 6.07) is 6.18. The van der Waals surface area contributed by atoms with Crippen molar-refractivity contribution in [3.8, 4) is 5.75 Å². The van der Waals surface area contributed by atoms with E-state index in [1.807, 2.05) is 13.0 Å². The first-order chi connectivity index (χ1) is 10.1. The SMILES string of the molecule is CCCOc1ccc(CCC(O)C(O)CCC)c(CC)c1. The average Bonchev–Trinajstić information content (AvgIpc) is 2.50. The smallest absolute Gasteiger partial charge is 0.119 e. The Labute approximate surface area is 129 Å². The Bertz CT molecular complexity index is 403. The molecule has 21 heavy (non-hydrogen) atoms. The zero-order valence-corrected chi connectivity index (χ0v) is 13.6. The van der Waals surface area contributed by atoms with Gasteiger partial charge in [-0.3, -0.25) is 0 Å². The Kier molecular flexibility index (Phi) is 8.40. The molecule has 0 spiro atoms. The number of rotatable bonds is 10. The second-order valence-electron chi connectivity index (χ2n) is 5.59. The molecular formula is C18H30O3. The van der Waals surface area contributed by atoms with Crippen LogP contribution >= 0.6 is 0 Å². The molecule has 0 aliphatic carbocycles. The zero-order valence-electron chi connectivity index (χ0n) is 13.6. The summed E-state index contributed by atoms with van der Waals surface area (Å²) in [6.45, 7) is 6.98. The van der Waals surface area contributed by atoms with Crippen LogP contribution in [0.25, 0.3) is 0 Å². The minimum Gasteiger partial charge on any atom is -0.494 e. The summed E-state index contributed by atoms with van der Waals surface area (Å²) in [4.78, 5) is 0. The molecule has 0 heterocycles. The molecule has 0 radical (unpaired) electrons. The quantitative estimate of drug-likeness (QED) is 0.694. The van der Waals surface area contributed by atoms with Gasteiger partial charge in [-0.1, -0.05) is 33.3 Å². The van der Waals surface area contributed by atoms with Crippen molar-refractivity contribution in [1.29, 1.82) is 0 Å². The molecule has 1 aromatic carbocycles. The third kappa shape index (κ3) is 6.06. The number of ether oxygens (including phenoxy) is 1. The Morgan fingerprint density at radius 1 is 0.952 bits per heavy atom. The summed E-state index contributed by atoms with van der Waals surface area (Å²) >= 11 is 0. The van der Waals surface area contributed by atoms with Crippen LogP contribution in [0.1, 0.15) is 57.6 Å². The molecule has 0 fully saturated rings. The van der Waals surface area contributed by atoms with Gasteiger partial charge < -0.3 is 14.9 Å². The van der Waals surface area contributed by atoms with Crippen LogP contribution in [0.3, 0.4) is 0 Å². The van der Waals surface area contributed by atoms with E-state index in [2.05, 4.69) is 26.0 Å². The highest BCUT2D eigenvalue weighted by molar-refractivity contribution is 5.36. The van der Waals surface area contributed by atoms with Gasteiger partial charge in [0.1, 0.15) is 5.75 Å². The van der Waals surface area contributed by atoms with E-state index in [-0.39, 0.29) is 0 Å². The Morgan fingerprint density at radius 2 is 1.67 bits per heavy atom. The molecular weight excluding hydrogens is 264 g/mol. The molecule has 1 aromatic rings. The normalized spacial score (nSPS) is 14.0. The molecule has 0 bridgehead atoms. The first kappa shape index (κ1) is 18.0. The molecule has 2 atom stereocenters. The number of benzene rings is 1. The van der Waals surface area contributed by atoms with Crippen molar-refractivity contribution in [2.24, 2.45) is 0 Å². The van der Waals surface area contributed by atoms with Crippen LogP contribution in [0, 0.1) is 0 Å². The predicted octanol–water partition coefficient (Wildman–Crippen LogP) is 3.49. The van der Waals surface area contributed by atoms with Crippen molar-refractivity contribution in [3.05, 3.63) is 29.3 Å². The number of hydrogen-bond acceptors (Lipinski definition) is 3. The van der Waals surface area contributed by atoms with Crippen molar-refractivity contribution < 1.29 is 14.9 Å². The van der Waals surface area contributed by atoms with Crippen LogP contribution in [-0.2, 0) is 12.8 Å². The van der Waals surface area contributed by atoms with Gasteiger partial charge in [0.05, 0.1) is 18.8 Å². The standard InChI is InChI=1S/C18H30O3/c1-4-7-17(19)18(20)11-9-15-8-10-16(21-12-5-2)13-14(15)6-3/h8,10,13,17-20H,4-7,9,11-12H2,1-3H3. The van der Waals surface area contributed by atoms with Gasteiger partial charge in [0.25, 0.3) is 0 Å². The molecule has 120 valence electrons. The topological polar surface area (TPSA) is 49.7 Å². The van der Waals surface area contributed by atoms with Crippen LogP contribution in [0.4, 0.5) is 0 Å². The maximum Gasteiger partial charge on any atom is 0.119 e. The Hall–Kier alpha value is -1.06. The third-order valence-electron chi connectivity index (χ3n) is 3.77. The lowest BCUT2D eigenvalue weighted by Gasteiger charge is -2.18. The summed E-state index contributed by atoms with van der Waals surface area (Å²) in [5.74, 6) is 0.920. The van der Waals surface area contributed by atoms with Crippen molar-refractivity contribution in [2.75, 3.05) is 6.61 Å². The molecule has 0 amide bonds. The van der Waals surface area contributed by atoms with Crippen molar-refractivity contribution in [2.45, 2.75) is 71.5 Å². The largest absolute Gasteiger partial charge is 0.494 e. The molecule has 3 heteroatoms. The summed E-state index contributed by atoms with van der Waals surface area (Å²) < 4.78 is 5.66. The summed E-state index contributed by atoms with van der Waals surface area (Å²) in [6.07, 6.45) is 3.66.